The highest BCUT2D eigenvalue weighted by Crippen LogP contribution is 2.32. The molecule has 0 spiro atoms. The number of esters is 1. The number of benzene rings is 1. The zero-order valence-electron chi connectivity index (χ0n) is 16.8. The number of aromatic nitrogens is 2. The molecule has 158 valence electrons. The average Bonchev–Trinajstić information content (AvgIpc) is 3.27. The van der Waals surface area contributed by atoms with E-state index in [-0.39, 0.29) is 30.8 Å². The Labute approximate surface area is 178 Å². The molecule has 1 aliphatic heterocycles. The lowest BCUT2D eigenvalue weighted by Crippen LogP contribution is -2.44. The number of urea groups is 1. The van der Waals surface area contributed by atoms with Crippen LogP contribution in [0, 0.1) is 0 Å². The summed E-state index contributed by atoms with van der Waals surface area (Å²) in [6, 6.07) is 7.10. The molecule has 2 aliphatic rings. The highest BCUT2D eigenvalue weighted by Gasteiger charge is 2.26. The van der Waals surface area contributed by atoms with E-state index in [2.05, 4.69) is 10.6 Å². The van der Waals surface area contributed by atoms with Crippen LogP contribution in [0.25, 0.3) is 10.9 Å². The number of fused-ring (bicyclic) bond motifs is 1. The van der Waals surface area contributed by atoms with E-state index in [0.29, 0.717) is 33.1 Å². The Balaban J connectivity index is 1.70. The molecular weight excluding hydrogens is 404 g/mol. The van der Waals surface area contributed by atoms with Gasteiger partial charge in [-0.05, 0) is 31.9 Å². The third kappa shape index (κ3) is 4.07. The predicted molar refractivity (Wildman–Crippen MR) is 114 cm³/mol. The zero-order valence-corrected chi connectivity index (χ0v) is 17.6. The fraction of sp³-hybridized carbons (Fsp3) is 0.429. The summed E-state index contributed by atoms with van der Waals surface area (Å²) < 4.78 is 6.91. The molecule has 0 radical (unpaired) electrons. The Kier molecular flexibility index (Phi) is 6.08. The lowest BCUT2D eigenvalue weighted by molar-refractivity contribution is -0.138. The lowest BCUT2D eigenvalue weighted by Gasteiger charge is -2.22. The molecule has 0 bridgehead atoms. The SMILES string of the molecule is CCOC(=O)C1=C(CSc2nc3ccccc3c(=O)n2C2CCCC2)NC(=O)NC1. The van der Waals surface area contributed by atoms with Gasteiger partial charge in [-0.1, -0.05) is 36.7 Å². The van der Waals surface area contributed by atoms with Crippen LogP contribution < -0.4 is 16.2 Å². The summed E-state index contributed by atoms with van der Waals surface area (Å²) in [6.45, 7) is 2.10. The normalized spacial score (nSPS) is 17.2. The molecule has 2 heterocycles. The van der Waals surface area contributed by atoms with E-state index in [1.807, 2.05) is 18.2 Å². The number of nitrogens with one attached hydrogen (secondary N) is 2. The molecule has 4 rings (SSSR count). The van der Waals surface area contributed by atoms with Crippen molar-refractivity contribution in [1.82, 2.24) is 20.2 Å². The second-order valence-electron chi connectivity index (χ2n) is 7.30. The number of ether oxygens (including phenoxy) is 1. The minimum absolute atomic E-state index is 0.0380. The second-order valence-corrected chi connectivity index (χ2v) is 8.24. The number of amides is 2. The highest BCUT2D eigenvalue weighted by atomic mass is 32.2. The Morgan fingerprint density at radius 3 is 2.80 bits per heavy atom. The van der Waals surface area contributed by atoms with Gasteiger partial charge in [-0.3, -0.25) is 9.36 Å². The van der Waals surface area contributed by atoms with Gasteiger partial charge in [0.25, 0.3) is 5.56 Å². The maximum atomic E-state index is 13.2. The average molecular weight is 429 g/mol. The Bertz CT molecular complexity index is 1070. The fourth-order valence-corrected chi connectivity index (χ4v) is 4.97. The summed E-state index contributed by atoms with van der Waals surface area (Å²) in [5.41, 5.74) is 1.49. The number of para-hydroxylation sites is 1. The van der Waals surface area contributed by atoms with Crippen LogP contribution in [-0.4, -0.2) is 40.5 Å². The van der Waals surface area contributed by atoms with Crippen molar-refractivity contribution in [1.29, 1.82) is 0 Å². The Morgan fingerprint density at radius 1 is 1.27 bits per heavy atom. The molecule has 2 amide bonds. The van der Waals surface area contributed by atoms with Gasteiger partial charge in [0.1, 0.15) is 0 Å². The van der Waals surface area contributed by atoms with Gasteiger partial charge < -0.3 is 15.4 Å². The topological polar surface area (TPSA) is 102 Å². The number of hydrogen-bond acceptors (Lipinski definition) is 6. The summed E-state index contributed by atoms with van der Waals surface area (Å²) >= 11 is 1.35. The van der Waals surface area contributed by atoms with Gasteiger partial charge >= 0.3 is 12.0 Å². The van der Waals surface area contributed by atoms with E-state index >= 15 is 0 Å². The molecule has 0 unspecified atom stereocenters. The maximum absolute atomic E-state index is 13.2. The lowest BCUT2D eigenvalue weighted by atomic mass is 10.2. The first-order valence-electron chi connectivity index (χ1n) is 10.2. The van der Waals surface area contributed by atoms with Crippen molar-refractivity contribution in [3.05, 3.63) is 45.9 Å². The Morgan fingerprint density at radius 2 is 2.03 bits per heavy atom. The third-order valence-corrected chi connectivity index (χ3v) is 6.37. The van der Waals surface area contributed by atoms with Gasteiger partial charge in [0.05, 0.1) is 29.6 Å². The summed E-state index contributed by atoms with van der Waals surface area (Å²) in [4.78, 5) is 42.1. The molecular formula is C21H24N4O4S. The van der Waals surface area contributed by atoms with Gasteiger partial charge in [-0.25, -0.2) is 14.6 Å². The van der Waals surface area contributed by atoms with Gasteiger partial charge in [-0.2, -0.15) is 0 Å². The molecule has 2 aromatic rings. The van der Waals surface area contributed by atoms with Crippen LogP contribution in [0.2, 0.25) is 0 Å². The van der Waals surface area contributed by atoms with Crippen LogP contribution in [0.15, 0.2) is 45.5 Å². The Hall–Kier alpha value is -2.81. The smallest absolute Gasteiger partial charge is 0.337 e. The first kappa shape index (κ1) is 20.5. The van der Waals surface area contributed by atoms with E-state index < -0.39 is 5.97 Å². The number of carbonyl (C=O) groups is 2. The van der Waals surface area contributed by atoms with Crippen LogP contribution in [0.1, 0.15) is 38.6 Å². The van der Waals surface area contributed by atoms with E-state index in [1.54, 1.807) is 17.6 Å². The van der Waals surface area contributed by atoms with Crippen LogP contribution in [0.3, 0.4) is 0 Å². The van der Waals surface area contributed by atoms with Crippen LogP contribution in [0.4, 0.5) is 4.79 Å². The van der Waals surface area contributed by atoms with E-state index in [9.17, 15) is 14.4 Å². The minimum atomic E-state index is -0.458. The molecule has 1 aromatic carbocycles. The van der Waals surface area contributed by atoms with Crippen molar-refractivity contribution < 1.29 is 14.3 Å². The van der Waals surface area contributed by atoms with Crippen LogP contribution >= 0.6 is 11.8 Å². The quantitative estimate of drug-likeness (QED) is 0.417. The van der Waals surface area contributed by atoms with Crippen molar-refractivity contribution in [3.8, 4) is 0 Å². The third-order valence-electron chi connectivity index (χ3n) is 5.39. The first-order valence-corrected chi connectivity index (χ1v) is 11.1. The van der Waals surface area contributed by atoms with Crippen molar-refractivity contribution in [2.45, 2.75) is 43.8 Å². The maximum Gasteiger partial charge on any atom is 0.337 e. The van der Waals surface area contributed by atoms with Crippen molar-refractivity contribution in [2.75, 3.05) is 18.9 Å². The molecule has 9 heteroatoms. The van der Waals surface area contributed by atoms with E-state index in [0.717, 1.165) is 25.7 Å². The van der Waals surface area contributed by atoms with Crippen molar-refractivity contribution >= 4 is 34.7 Å². The van der Waals surface area contributed by atoms with Crippen molar-refractivity contribution in [3.63, 3.8) is 0 Å². The molecule has 1 fully saturated rings. The van der Waals surface area contributed by atoms with Gasteiger partial charge in [-0.15, -0.1) is 0 Å². The predicted octanol–water partition coefficient (Wildman–Crippen LogP) is 2.73. The molecule has 1 aromatic heterocycles. The number of hydrogen-bond donors (Lipinski definition) is 2. The summed E-state index contributed by atoms with van der Waals surface area (Å²) in [5.74, 6) is -0.153. The van der Waals surface area contributed by atoms with Crippen molar-refractivity contribution in [2.24, 2.45) is 0 Å². The molecule has 1 saturated carbocycles. The van der Waals surface area contributed by atoms with E-state index in [4.69, 9.17) is 9.72 Å². The molecule has 0 atom stereocenters. The summed E-state index contributed by atoms with van der Waals surface area (Å²) in [6.07, 6.45) is 4.08. The molecule has 30 heavy (non-hydrogen) atoms. The van der Waals surface area contributed by atoms with Gasteiger partial charge in [0, 0.05) is 17.5 Å². The molecule has 8 nitrogen and oxygen atoms in total. The minimum Gasteiger partial charge on any atom is -0.463 e. The summed E-state index contributed by atoms with van der Waals surface area (Å²) in [7, 11) is 0. The zero-order chi connectivity index (χ0) is 21.1. The van der Waals surface area contributed by atoms with E-state index in [1.165, 1.54) is 11.8 Å². The summed E-state index contributed by atoms with van der Waals surface area (Å²) in [5, 5.41) is 6.52. The largest absolute Gasteiger partial charge is 0.463 e. The standard InChI is InChI=1S/C21H24N4O4S/c1-2-29-19(27)15-11-22-20(28)23-17(15)12-30-21-24-16-10-6-5-9-14(16)18(26)25(21)13-7-3-4-8-13/h5-6,9-10,13H,2-4,7-8,11-12H2,1H3,(H2,22,23,28). The first-order chi connectivity index (χ1) is 14.6. The number of rotatable bonds is 6. The molecule has 2 N–H and O–H groups in total. The highest BCUT2D eigenvalue weighted by molar-refractivity contribution is 7.99. The molecule has 0 saturated heterocycles. The van der Waals surface area contributed by atoms with Crippen LogP contribution in [-0.2, 0) is 9.53 Å². The van der Waals surface area contributed by atoms with Gasteiger partial charge in [0.15, 0.2) is 5.16 Å². The second kappa shape index (κ2) is 8.91. The fourth-order valence-electron chi connectivity index (χ4n) is 3.92. The van der Waals surface area contributed by atoms with Crippen LogP contribution in [0.5, 0.6) is 0 Å². The number of thioether (sulfide) groups is 1. The monoisotopic (exact) mass is 428 g/mol. The van der Waals surface area contributed by atoms with Gasteiger partial charge in [0.2, 0.25) is 0 Å². The number of nitrogens with zero attached hydrogens (tertiary/aromatic N) is 2. The number of carbonyl (C=O) groups excluding carboxylic acids is 2. The molecule has 1 aliphatic carbocycles.